The van der Waals surface area contributed by atoms with Crippen LogP contribution >= 0.6 is 11.8 Å². The normalized spacial score (nSPS) is 21.4. The van der Waals surface area contributed by atoms with Crippen molar-refractivity contribution in [3.63, 3.8) is 0 Å². The SMILES string of the molecule is COC(=O)C1=C(C)N=C2SC(Cc3cccnc3)C(=O)N2C1c1ccccc1. The number of allylic oxidation sites excluding steroid dienone is 1. The maximum Gasteiger partial charge on any atom is 0.338 e. The van der Waals surface area contributed by atoms with E-state index >= 15 is 0 Å². The third-order valence-electron chi connectivity index (χ3n) is 4.82. The predicted octanol–water partition coefficient (Wildman–Crippen LogP) is 3.13. The van der Waals surface area contributed by atoms with Crippen LogP contribution in [0, 0.1) is 0 Å². The molecule has 0 aliphatic carbocycles. The summed E-state index contributed by atoms with van der Waals surface area (Å²) in [6.07, 6.45) is 4.04. The minimum Gasteiger partial charge on any atom is -0.466 e. The Bertz CT molecular complexity index is 973. The van der Waals surface area contributed by atoms with Gasteiger partial charge >= 0.3 is 5.97 Å². The van der Waals surface area contributed by atoms with Crippen molar-refractivity contribution in [3.05, 3.63) is 77.3 Å². The van der Waals surface area contributed by atoms with E-state index in [0.29, 0.717) is 22.9 Å². The molecule has 0 radical (unpaired) electrons. The molecule has 0 N–H and O–H groups in total. The second-order valence-electron chi connectivity index (χ2n) is 6.58. The molecule has 4 rings (SSSR count). The average molecular weight is 393 g/mol. The first-order valence-electron chi connectivity index (χ1n) is 8.91. The molecule has 28 heavy (non-hydrogen) atoms. The predicted molar refractivity (Wildman–Crippen MR) is 108 cm³/mol. The lowest BCUT2D eigenvalue weighted by Crippen LogP contribution is -2.41. The molecular weight excluding hydrogens is 374 g/mol. The first-order chi connectivity index (χ1) is 13.6. The van der Waals surface area contributed by atoms with E-state index in [0.717, 1.165) is 11.1 Å². The number of methoxy groups -OCH3 is 1. The first-order valence-corrected chi connectivity index (χ1v) is 9.79. The number of aromatic nitrogens is 1. The van der Waals surface area contributed by atoms with Gasteiger partial charge in [-0.1, -0.05) is 48.2 Å². The van der Waals surface area contributed by atoms with Crippen LogP contribution in [0.2, 0.25) is 0 Å². The van der Waals surface area contributed by atoms with Gasteiger partial charge in [-0.25, -0.2) is 9.79 Å². The van der Waals surface area contributed by atoms with Crippen LogP contribution in [-0.4, -0.2) is 39.3 Å². The summed E-state index contributed by atoms with van der Waals surface area (Å²) >= 11 is 1.43. The molecule has 1 fully saturated rings. The van der Waals surface area contributed by atoms with Gasteiger partial charge in [-0.3, -0.25) is 14.7 Å². The number of esters is 1. The van der Waals surface area contributed by atoms with Crippen LogP contribution in [0.5, 0.6) is 0 Å². The topological polar surface area (TPSA) is 71.9 Å². The Labute approximate surface area is 167 Å². The van der Waals surface area contributed by atoms with Gasteiger partial charge in [0.1, 0.15) is 0 Å². The molecule has 1 saturated heterocycles. The Hall–Kier alpha value is -2.93. The Balaban J connectivity index is 1.74. The standard InChI is InChI=1S/C21H19N3O3S/c1-13-17(20(26)27-2)18(15-8-4-3-5-9-15)24-19(25)16(28-21(24)23-13)11-14-7-6-10-22-12-14/h3-10,12,16,18H,11H2,1-2H3. The maximum absolute atomic E-state index is 13.3. The van der Waals surface area contributed by atoms with Gasteiger partial charge < -0.3 is 4.74 Å². The summed E-state index contributed by atoms with van der Waals surface area (Å²) in [6.45, 7) is 1.78. The highest BCUT2D eigenvalue weighted by Gasteiger charge is 2.47. The van der Waals surface area contributed by atoms with E-state index in [1.165, 1.54) is 18.9 Å². The highest BCUT2D eigenvalue weighted by Crippen LogP contribution is 2.43. The van der Waals surface area contributed by atoms with Crippen molar-refractivity contribution in [3.8, 4) is 0 Å². The van der Waals surface area contributed by atoms with Gasteiger partial charge in [-0.05, 0) is 30.5 Å². The molecule has 7 heteroatoms. The van der Waals surface area contributed by atoms with E-state index in [-0.39, 0.29) is 11.2 Å². The molecule has 1 amide bonds. The fourth-order valence-electron chi connectivity index (χ4n) is 3.51. The zero-order valence-corrected chi connectivity index (χ0v) is 16.3. The number of fused-ring (bicyclic) bond motifs is 1. The smallest absolute Gasteiger partial charge is 0.338 e. The molecule has 0 spiro atoms. The number of hydrogen-bond acceptors (Lipinski definition) is 6. The number of aliphatic imine (C=N–C) groups is 1. The minimum absolute atomic E-state index is 0.0599. The number of thioether (sulfide) groups is 1. The van der Waals surface area contributed by atoms with Gasteiger partial charge in [-0.15, -0.1) is 0 Å². The fraction of sp³-hybridized carbons (Fsp3) is 0.238. The number of benzene rings is 1. The number of nitrogens with zero attached hydrogens (tertiary/aromatic N) is 3. The highest BCUT2D eigenvalue weighted by molar-refractivity contribution is 8.15. The van der Waals surface area contributed by atoms with E-state index in [1.54, 1.807) is 24.2 Å². The number of carbonyl (C=O) groups excluding carboxylic acids is 2. The molecule has 2 atom stereocenters. The van der Waals surface area contributed by atoms with Crippen LogP contribution in [0.4, 0.5) is 0 Å². The molecule has 6 nitrogen and oxygen atoms in total. The number of amides is 1. The average Bonchev–Trinajstić information content (AvgIpc) is 3.02. The second kappa shape index (κ2) is 7.59. The highest BCUT2D eigenvalue weighted by atomic mass is 32.2. The Morgan fingerprint density at radius 2 is 2.00 bits per heavy atom. The van der Waals surface area contributed by atoms with Crippen molar-refractivity contribution in [2.75, 3.05) is 7.11 Å². The summed E-state index contributed by atoms with van der Waals surface area (Å²) in [6, 6.07) is 12.8. The van der Waals surface area contributed by atoms with Gasteiger partial charge in [0.15, 0.2) is 5.17 Å². The summed E-state index contributed by atoms with van der Waals surface area (Å²) < 4.78 is 5.00. The molecule has 142 valence electrons. The summed E-state index contributed by atoms with van der Waals surface area (Å²) in [5.74, 6) is -0.530. The van der Waals surface area contributed by atoms with E-state index in [2.05, 4.69) is 9.98 Å². The van der Waals surface area contributed by atoms with Crippen molar-refractivity contribution >= 4 is 28.8 Å². The van der Waals surface area contributed by atoms with Crippen LogP contribution < -0.4 is 0 Å². The van der Waals surface area contributed by atoms with Crippen LogP contribution in [0.25, 0.3) is 0 Å². The molecule has 1 aromatic heterocycles. The van der Waals surface area contributed by atoms with Crippen molar-refractivity contribution in [1.29, 1.82) is 0 Å². The number of ether oxygens (including phenoxy) is 1. The van der Waals surface area contributed by atoms with Gasteiger partial charge in [0, 0.05) is 12.4 Å². The lowest BCUT2D eigenvalue weighted by atomic mass is 9.94. The minimum atomic E-state index is -0.542. The van der Waals surface area contributed by atoms with Crippen LogP contribution in [0.1, 0.15) is 24.1 Å². The molecular formula is C21H19N3O3S. The number of hydrogen-bond donors (Lipinski definition) is 0. The molecule has 2 aliphatic rings. The third-order valence-corrected chi connectivity index (χ3v) is 5.97. The van der Waals surface area contributed by atoms with Crippen molar-refractivity contribution in [1.82, 2.24) is 9.88 Å². The van der Waals surface area contributed by atoms with Gasteiger partial charge in [0.05, 0.1) is 29.7 Å². The summed E-state index contributed by atoms with van der Waals surface area (Å²) in [4.78, 5) is 36.2. The maximum atomic E-state index is 13.3. The molecule has 2 aliphatic heterocycles. The van der Waals surface area contributed by atoms with E-state index in [4.69, 9.17) is 4.74 Å². The van der Waals surface area contributed by atoms with Gasteiger partial charge in [-0.2, -0.15) is 0 Å². The monoisotopic (exact) mass is 393 g/mol. The zero-order valence-electron chi connectivity index (χ0n) is 15.5. The molecule has 3 heterocycles. The third kappa shape index (κ3) is 3.22. The Morgan fingerprint density at radius 1 is 1.21 bits per heavy atom. The van der Waals surface area contributed by atoms with Crippen molar-refractivity contribution in [2.24, 2.45) is 4.99 Å². The Morgan fingerprint density at radius 3 is 2.68 bits per heavy atom. The van der Waals surface area contributed by atoms with Crippen molar-refractivity contribution < 1.29 is 14.3 Å². The molecule has 0 bridgehead atoms. The number of pyridine rings is 1. The largest absolute Gasteiger partial charge is 0.466 e. The van der Waals surface area contributed by atoms with E-state index in [1.807, 2.05) is 42.5 Å². The lowest BCUT2D eigenvalue weighted by Gasteiger charge is -2.32. The summed E-state index contributed by atoms with van der Waals surface area (Å²) in [5, 5.41) is 0.317. The molecule has 2 unspecified atom stereocenters. The van der Waals surface area contributed by atoms with Crippen LogP contribution in [0.15, 0.2) is 71.1 Å². The van der Waals surface area contributed by atoms with Gasteiger partial charge in [0.25, 0.3) is 0 Å². The number of carbonyl (C=O) groups is 2. The van der Waals surface area contributed by atoms with Crippen LogP contribution in [0.3, 0.4) is 0 Å². The lowest BCUT2D eigenvalue weighted by molar-refractivity contribution is -0.137. The van der Waals surface area contributed by atoms with Crippen LogP contribution in [-0.2, 0) is 20.7 Å². The number of rotatable bonds is 4. The second-order valence-corrected chi connectivity index (χ2v) is 7.75. The summed E-state index contributed by atoms with van der Waals surface area (Å²) in [5.41, 5.74) is 2.82. The fourth-order valence-corrected chi connectivity index (χ4v) is 4.76. The molecule has 0 saturated carbocycles. The number of amidine groups is 1. The molecule has 2 aromatic rings. The Kier molecular flexibility index (Phi) is 5.00. The van der Waals surface area contributed by atoms with Crippen molar-refractivity contribution in [2.45, 2.75) is 24.6 Å². The van der Waals surface area contributed by atoms with E-state index < -0.39 is 12.0 Å². The summed E-state index contributed by atoms with van der Waals surface area (Å²) in [7, 11) is 1.34. The first kappa shape index (κ1) is 18.4. The zero-order chi connectivity index (χ0) is 19.7. The van der Waals surface area contributed by atoms with E-state index in [9.17, 15) is 9.59 Å². The van der Waals surface area contributed by atoms with Gasteiger partial charge in [0.2, 0.25) is 5.91 Å². The molecule has 1 aromatic carbocycles. The quantitative estimate of drug-likeness (QED) is 0.747.